The van der Waals surface area contributed by atoms with E-state index < -0.39 is 9.84 Å². The van der Waals surface area contributed by atoms with Crippen molar-refractivity contribution in [3.63, 3.8) is 0 Å². The lowest BCUT2D eigenvalue weighted by Crippen LogP contribution is -2.41. The second-order valence-electron chi connectivity index (χ2n) is 6.93. The quantitative estimate of drug-likeness (QED) is 0.786. The summed E-state index contributed by atoms with van der Waals surface area (Å²) in [6, 6.07) is 14.8. The molecule has 2 aromatic rings. The number of fused-ring (bicyclic) bond motifs is 1. The maximum Gasteiger partial charge on any atom is 0.231 e. The Morgan fingerprint density at radius 2 is 1.81 bits per heavy atom. The Kier molecular flexibility index (Phi) is 4.78. The van der Waals surface area contributed by atoms with Crippen molar-refractivity contribution in [1.29, 1.82) is 0 Å². The van der Waals surface area contributed by atoms with Crippen molar-refractivity contribution >= 4 is 15.7 Å². The number of amides is 1. The van der Waals surface area contributed by atoms with Crippen LogP contribution in [0, 0.1) is 0 Å². The van der Waals surface area contributed by atoms with Crippen LogP contribution >= 0.6 is 0 Å². The average molecular weight is 387 g/mol. The molecule has 7 heteroatoms. The van der Waals surface area contributed by atoms with E-state index in [9.17, 15) is 13.2 Å². The fourth-order valence-corrected chi connectivity index (χ4v) is 5.28. The number of hydrogen-bond donors (Lipinski definition) is 0. The highest BCUT2D eigenvalue weighted by Crippen LogP contribution is 2.33. The molecule has 1 amide bonds. The largest absolute Gasteiger partial charge is 0.454 e. The van der Waals surface area contributed by atoms with E-state index in [0.717, 1.165) is 11.1 Å². The molecule has 2 aliphatic heterocycles. The Morgan fingerprint density at radius 3 is 2.56 bits per heavy atom. The summed E-state index contributed by atoms with van der Waals surface area (Å²) in [5.74, 6) is 1.43. The van der Waals surface area contributed by atoms with Crippen LogP contribution in [0.25, 0.3) is 0 Å². The topological polar surface area (TPSA) is 72.9 Å². The fourth-order valence-electron chi connectivity index (χ4n) is 3.55. The van der Waals surface area contributed by atoms with Crippen LogP contribution in [0.3, 0.4) is 0 Å². The lowest BCUT2D eigenvalue weighted by atomic mass is 10.1. The molecule has 4 rings (SSSR count). The summed E-state index contributed by atoms with van der Waals surface area (Å²) in [6.07, 6.45) is 0.732. The molecule has 2 heterocycles. The number of hydrogen-bond acceptors (Lipinski definition) is 5. The van der Waals surface area contributed by atoms with E-state index >= 15 is 0 Å². The second kappa shape index (κ2) is 7.23. The second-order valence-corrected chi connectivity index (χ2v) is 9.16. The Labute approximate surface area is 158 Å². The van der Waals surface area contributed by atoms with Gasteiger partial charge in [-0.25, -0.2) is 8.42 Å². The third kappa shape index (κ3) is 4.08. The summed E-state index contributed by atoms with van der Waals surface area (Å²) < 4.78 is 34.7. The number of carbonyl (C=O) groups excluding carboxylic acids is 1. The minimum atomic E-state index is -3.09. The minimum Gasteiger partial charge on any atom is -0.454 e. The maximum absolute atomic E-state index is 13.0. The highest BCUT2D eigenvalue weighted by atomic mass is 32.2. The molecule has 0 N–H and O–H groups in total. The van der Waals surface area contributed by atoms with Crippen LogP contribution in [0.15, 0.2) is 48.5 Å². The van der Waals surface area contributed by atoms with E-state index in [4.69, 9.17) is 9.47 Å². The number of sulfone groups is 1. The van der Waals surface area contributed by atoms with Crippen LogP contribution in [-0.4, -0.2) is 43.6 Å². The van der Waals surface area contributed by atoms with E-state index in [2.05, 4.69) is 0 Å². The first kappa shape index (κ1) is 17.9. The summed E-state index contributed by atoms with van der Waals surface area (Å²) >= 11 is 0. The predicted molar refractivity (Wildman–Crippen MR) is 100 cm³/mol. The molecule has 0 radical (unpaired) electrons. The van der Waals surface area contributed by atoms with Gasteiger partial charge in [0, 0.05) is 12.6 Å². The van der Waals surface area contributed by atoms with E-state index in [-0.39, 0.29) is 36.7 Å². The number of nitrogens with zero attached hydrogens (tertiary/aromatic N) is 1. The van der Waals surface area contributed by atoms with Gasteiger partial charge in [0.25, 0.3) is 0 Å². The Balaban J connectivity index is 1.57. The highest BCUT2D eigenvalue weighted by Gasteiger charge is 2.34. The highest BCUT2D eigenvalue weighted by molar-refractivity contribution is 7.91. The van der Waals surface area contributed by atoms with Crippen LogP contribution in [-0.2, 0) is 27.6 Å². The smallest absolute Gasteiger partial charge is 0.231 e. The standard InChI is InChI=1S/C20H21NO5S/c22-20(11-15-4-2-1-3-5-15)21(17-8-9-27(23,24)13-17)12-16-6-7-18-19(10-16)26-14-25-18/h1-7,10,17H,8-9,11-14H2. The molecule has 0 saturated carbocycles. The van der Waals surface area contributed by atoms with E-state index in [1.165, 1.54) is 0 Å². The zero-order valence-electron chi connectivity index (χ0n) is 14.8. The van der Waals surface area contributed by atoms with E-state index in [1.54, 1.807) is 4.90 Å². The molecule has 6 nitrogen and oxygen atoms in total. The van der Waals surface area contributed by atoms with Crippen LogP contribution in [0.5, 0.6) is 11.5 Å². The van der Waals surface area contributed by atoms with Crippen molar-refractivity contribution in [2.24, 2.45) is 0 Å². The van der Waals surface area contributed by atoms with Crippen molar-refractivity contribution in [2.45, 2.75) is 25.4 Å². The van der Waals surface area contributed by atoms with Gasteiger partial charge in [-0.3, -0.25) is 4.79 Å². The van der Waals surface area contributed by atoms with Gasteiger partial charge in [-0.2, -0.15) is 0 Å². The third-order valence-electron chi connectivity index (χ3n) is 4.96. The fraction of sp³-hybridized carbons (Fsp3) is 0.350. The van der Waals surface area contributed by atoms with Gasteiger partial charge in [-0.1, -0.05) is 36.4 Å². The van der Waals surface area contributed by atoms with Gasteiger partial charge in [0.1, 0.15) is 0 Å². The minimum absolute atomic E-state index is 0.0259. The zero-order chi connectivity index (χ0) is 18.9. The molecule has 2 aromatic carbocycles. The number of carbonyl (C=O) groups is 1. The molecule has 1 fully saturated rings. The van der Waals surface area contributed by atoms with Gasteiger partial charge in [0.05, 0.1) is 17.9 Å². The van der Waals surface area contributed by atoms with Crippen molar-refractivity contribution in [2.75, 3.05) is 18.3 Å². The molecule has 0 spiro atoms. The normalized spacial score (nSPS) is 19.8. The van der Waals surface area contributed by atoms with Gasteiger partial charge in [0.15, 0.2) is 21.3 Å². The summed E-state index contributed by atoms with van der Waals surface area (Å²) in [7, 11) is -3.09. The monoisotopic (exact) mass is 387 g/mol. The molecule has 0 bridgehead atoms. The Bertz CT molecular complexity index is 942. The Morgan fingerprint density at radius 1 is 1.04 bits per heavy atom. The lowest BCUT2D eigenvalue weighted by molar-refractivity contribution is -0.133. The molecule has 1 atom stereocenters. The van der Waals surface area contributed by atoms with Crippen LogP contribution in [0.4, 0.5) is 0 Å². The molecule has 1 saturated heterocycles. The van der Waals surface area contributed by atoms with Crippen molar-refractivity contribution in [3.8, 4) is 11.5 Å². The van der Waals surface area contributed by atoms with E-state index in [1.807, 2.05) is 48.5 Å². The zero-order valence-corrected chi connectivity index (χ0v) is 15.7. The molecular formula is C20H21NO5S. The molecule has 0 aliphatic carbocycles. The first-order chi connectivity index (χ1) is 13.0. The lowest BCUT2D eigenvalue weighted by Gasteiger charge is -2.28. The summed E-state index contributed by atoms with van der Waals surface area (Å²) in [6.45, 7) is 0.540. The van der Waals surface area contributed by atoms with Gasteiger partial charge in [-0.05, 0) is 29.7 Å². The molecule has 2 aliphatic rings. The molecule has 27 heavy (non-hydrogen) atoms. The van der Waals surface area contributed by atoms with Crippen molar-refractivity contribution in [1.82, 2.24) is 4.90 Å². The maximum atomic E-state index is 13.0. The van der Waals surface area contributed by atoms with Crippen LogP contribution in [0.1, 0.15) is 17.5 Å². The number of ether oxygens (including phenoxy) is 2. The van der Waals surface area contributed by atoms with Crippen molar-refractivity contribution < 1.29 is 22.7 Å². The number of benzene rings is 2. The first-order valence-electron chi connectivity index (χ1n) is 8.92. The van der Waals surface area contributed by atoms with E-state index in [0.29, 0.717) is 24.5 Å². The van der Waals surface area contributed by atoms with Gasteiger partial charge in [0.2, 0.25) is 12.7 Å². The molecule has 142 valence electrons. The average Bonchev–Trinajstić information content (AvgIpc) is 3.25. The van der Waals surface area contributed by atoms with Crippen LogP contribution < -0.4 is 9.47 Å². The van der Waals surface area contributed by atoms with Crippen LogP contribution in [0.2, 0.25) is 0 Å². The summed E-state index contributed by atoms with van der Waals surface area (Å²) in [5.41, 5.74) is 1.81. The van der Waals surface area contributed by atoms with Gasteiger partial charge in [-0.15, -0.1) is 0 Å². The number of rotatable bonds is 5. The first-order valence-corrected chi connectivity index (χ1v) is 10.7. The Hall–Kier alpha value is -2.54. The van der Waals surface area contributed by atoms with Gasteiger partial charge < -0.3 is 14.4 Å². The molecule has 0 aromatic heterocycles. The third-order valence-corrected chi connectivity index (χ3v) is 6.71. The van der Waals surface area contributed by atoms with Crippen molar-refractivity contribution in [3.05, 3.63) is 59.7 Å². The SMILES string of the molecule is O=C(Cc1ccccc1)N(Cc1ccc2c(c1)OCO2)C1CCS(=O)(=O)C1. The van der Waals surface area contributed by atoms with Gasteiger partial charge >= 0.3 is 0 Å². The summed E-state index contributed by atoms with van der Waals surface area (Å²) in [4.78, 5) is 14.7. The predicted octanol–water partition coefficient (Wildman–Crippen LogP) is 2.17. The summed E-state index contributed by atoms with van der Waals surface area (Å²) in [5, 5.41) is 0. The molecule has 1 unspecified atom stereocenters. The molecular weight excluding hydrogens is 366 g/mol.